The Hall–Kier alpha value is -3.62. The molecular formula is C21H22N6O3. The Labute approximate surface area is 171 Å². The number of ketones is 1. The van der Waals surface area contributed by atoms with E-state index in [0.29, 0.717) is 30.0 Å². The average Bonchev–Trinajstić information content (AvgIpc) is 3.41. The van der Waals surface area contributed by atoms with Crippen molar-refractivity contribution in [2.75, 3.05) is 5.32 Å². The molecule has 1 atom stereocenters. The highest BCUT2D eigenvalue weighted by Gasteiger charge is 2.25. The highest BCUT2D eigenvalue weighted by molar-refractivity contribution is 5.82. The minimum atomic E-state index is -0.424. The number of hydrogen-bond acceptors (Lipinski definition) is 5. The summed E-state index contributed by atoms with van der Waals surface area (Å²) in [6.07, 6.45) is 1.75. The molecule has 1 aliphatic rings. The quantitative estimate of drug-likeness (QED) is 0.534. The van der Waals surface area contributed by atoms with Gasteiger partial charge in [0.2, 0.25) is 5.95 Å². The highest BCUT2D eigenvalue weighted by Crippen LogP contribution is 2.21. The van der Waals surface area contributed by atoms with Gasteiger partial charge in [-0.15, -0.1) is 0 Å². The van der Waals surface area contributed by atoms with Gasteiger partial charge in [0.05, 0.1) is 6.54 Å². The lowest BCUT2D eigenvalue weighted by Gasteiger charge is -2.11. The lowest BCUT2D eigenvalue weighted by molar-refractivity contribution is -0.117. The summed E-state index contributed by atoms with van der Waals surface area (Å²) in [5.74, 6) is 0.708. The third-order valence-electron chi connectivity index (χ3n) is 5.85. The van der Waals surface area contributed by atoms with Crippen molar-refractivity contribution in [3.05, 3.63) is 56.9 Å². The molecule has 0 saturated heterocycles. The third-order valence-corrected chi connectivity index (χ3v) is 5.85. The predicted octanol–water partition coefficient (Wildman–Crippen LogP) is 1.50. The molecule has 5 rings (SSSR count). The maximum Gasteiger partial charge on any atom is 0.332 e. The molecule has 0 radical (unpaired) electrons. The number of Topliss-reactive ketones (excluding diaryl/α,β-unsaturated/α-hetero) is 1. The maximum atomic E-state index is 13.2. The minimum absolute atomic E-state index is 0.00128. The predicted molar refractivity (Wildman–Crippen MR) is 114 cm³/mol. The maximum absolute atomic E-state index is 13.2. The van der Waals surface area contributed by atoms with Crippen LogP contribution in [0.15, 0.2) is 39.9 Å². The van der Waals surface area contributed by atoms with E-state index < -0.39 is 11.2 Å². The van der Waals surface area contributed by atoms with Gasteiger partial charge in [-0.3, -0.25) is 18.7 Å². The smallest absolute Gasteiger partial charge is 0.332 e. The zero-order valence-corrected chi connectivity index (χ0v) is 16.8. The molecule has 4 aromatic rings. The number of benzene rings is 1. The second-order valence-corrected chi connectivity index (χ2v) is 7.90. The number of anilines is 1. The van der Waals surface area contributed by atoms with Crippen LogP contribution in [0.2, 0.25) is 0 Å². The van der Waals surface area contributed by atoms with Gasteiger partial charge < -0.3 is 14.9 Å². The molecular weight excluding hydrogens is 384 g/mol. The molecule has 30 heavy (non-hydrogen) atoms. The number of rotatable bonds is 4. The van der Waals surface area contributed by atoms with E-state index >= 15 is 0 Å². The number of aromatic nitrogens is 5. The highest BCUT2D eigenvalue weighted by atomic mass is 16.2. The second-order valence-electron chi connectivity index (χ2n) is 7.90. The van der Waals surface area contributed by atoms with E-state index in [9.17, 15) is 14.4 Å². The van der Waals surface area contributed by atoms with E-state index in [-0.39, 0.29) is 18.4 Å². The molecule has 1 fully saturated rings. The Morgan fingerprint density at radius 1 is 1.17 bits per heavy atom. The molecule has 2 N–H and O–H groups in total. The Bertz CT molecular complexity index is 1390. The summed E-state index contributed by atoms with van der Waals surface area (Å²) in [4.78, 5) is 45.5. The van der Waals surface area contributed by atoms with Crippen LogP contribution in [0, 0.1) is 0 Å². The van der Waals surface area contributed by atoms with Gasteiger partial charge in [0.15, 0.2) is 11.2 Å². The van der Waals surface area contributed by atoms with Crippen molar-refractivity contribution in [3.63, 3.8) is 0 Å². The molecule has 1 unspecified atom stereocenters. The summed E-state index contributed by atoms with van der Waals surface area (Å²) >= 11 is 0. The summed E-state index contributed by atoms with van der Waals surface area (Å²) < 4.78 is 4.28. The average molecular weight is 406 g/mol. The molecule has 154 valence electrons. The number of aryl methyl sites for hydroxylation is 2. The summed E-state index contributed by atoms with van der Waals surface area (Å²) in [7, 11) is 3.36. The Kier molecular flexibility index (Phi) is 4.12. The van der Waals surface area contributed by atoms with Gasteiger partial charge in [0.25, 0.3) is 5.56 Å². The number of carbonyl (C=O) groups is 1. The molecule has 0 spiro atoms. The van der Waals surface area contributed by atoms with Gasteiger partial charge in [-0.25, -0.2) is 4.79 Å². The largest absolute Gasteiger partial charge is 0.357 e. The fourth-order valence-electron chi connectivity index (χ4n) is 4.22. The van der Waals surface area contributed by atoms with Crippen LogP contribution in [-0.2, 0) is 25.4 Å². The zero-order chi connectivity index (χ0) is 21.0. The minimum Gasteiger partial charge on any atom is -0.357 e. The van der Waals surface area contributed by atoms with Gasteiger partial charge in [-0.2, -0.15) is 4.98 Å². The Balaban J connectivity index is 1.59. The normalized spacial score (nSPS) is 16.7. The number of hydrogen-bond donors (Lipinski definition) is 2. The van der Waals surface area contributed by atoms with E-state index in [1.54, 1.807) is 18.7 Å². The molecule has 9 nitrogen and oxygen atoms in total. The van der Waals surface area contributed by atoms with E-state index in [4.69, 9.17) is 0 Å². The summed E-state index contributed by atoms with van der Waals surface area (Å²) in [6, 6.07) is 9.75. The number of fused-ring (bicyclic) bond motifs is 2. The number of nitrogens with zero attached hydrogens (tertiary/aromatic N) is 4. The van der Waals surface area contributed by atoms with Crippen molar-refractivity contribution in [2.24, 2.45) is 14.1 Å². The Morgan fingerprint density at radius 2 is 1.97 bits per heavy atom. The number of para-hydroxylation sites is 1. The molecule has 0 bridgehead atoms. The van der Waals surface area contributed by atoms with Crippen LogP contribution >= 0.6 is 0 Å². The summed E-state index contributed by atoms with van der Waals surface area (Å²) in [5.41, 5.74) is 1.59. The lowest BCUT2D eigenvalue weighted by Crippen LogP contribution is -2.39. The number of aromatic amines is 1. The van der Waals surface area contributed by atoms with Crippen molar-refractivity contribution >= 4 is 33.8 Å². The molecule has 9 heteroatoms. The van der Waals surface area contributed by atoms with Crippen molar-refractivity contribution in [1.82, 2.24) is 23.7 Å². The fraction of sp³-hybridized carbons (Fsp3) is 0.333. The number of H-pyrrole nitrogens is 1. The van der Waals surface area contributed by atoms with E-state index in [1.165, 1.54) is 9.13 Å². The van der Waals surface area contributed by atoms with E-state index in [1.807, 2.05) is 30.3 Å². The van der Waals surface area contributed by atoms with Gasteiger partial charge in [-0.05, 0) is 23.9 Å². The third kappa shape index (κ3) is 2.85. The first-order chi connectivity index (χ1) is 14.4. The fourth-order valence-corrected chi connectivity index (χ4v) is 4.22. The molecule has 1 aliphatic carbocycles. The molecule has 1 saturated carbocycles. The summed E-state index contributed by atoms with van der Waals surface area (Å²) in [6.45, 7) is 0.140. The van der Waals surface area contributed by atoms with Crippen molar-refractivity contribution < 1.29 is 4.79 Å². The van der Waals surface area contributed by atoms with E-state index in [2.05, 4.69) is 15.3 Å². The number of nitrogens with one attached hydrogen (secondary N) is 2. The van der Waals surface area contributed by atoms with Gasteiger partial charge in [0, 0.05) is 44.2 Å². The van der Waals surface area contributed by atoms with Crippen LogP contribution in [0.25, 0.3) is 22.1 Å². The SMILES string of the molecule is Cn1c(NC2CCC(=O)C2)nc2c1c(=O)n(Cc1cc3ccccc3[nH]1)c(=O)n2C. The van der Waals surface area contributed by atoms with Crippen molar-refractivity contribution in [2.45, 2.75) is 31.8 Å². The van der Waals surface area contributed by atoms with Gasteiger partial charge in [-0.1, -0.05) is 18.2 Å². The molecule has 0 aliphatic heterocycles. The topological polar surface area (TPSA) is 107 Å². The van der Waals surface area contributed by atoms with Crippen LogP contribution in [0.1, 0.15) is 25.0 Å². The first kappa shape index (κ1) is 18.4. The van der Waals surface area contributed by atoms with Crippen molar-refractivity contribution in [3.8, 4) is 0 Å². The van der Waals surface area contributed by atoms with Crippen LogP contribution in [0.3, 0.4) is 0 Å². The zero-order valence-electron chi connectivity index (χ0n) is 16.8. The van der Waals surface area contributed by atoms with Gasteiger partial charge >= 0.3 is 5.69 Å². The van der Waals surface area contributed by atoms with E-state index in [0.717, 1.165) is 23.0 Å². The Morgan fingerprint density at radius 3 is 2.70 bits per heavy atom. The number of imidazole rings is 1. The first-order valence-corrected chi connectivity index (χ1v) is 9.93. The van der Waals surface area contributed by atoms with Crippen LogP contribution < -0.4 is 16.6 Å². The van der Waals surface area contributed by atoms with Crippen LogP contribution in [-0.4, -0.2) is 35.5 Å². The lowest BCUT2D eigenvalue weighted by atomic mass is 10.2. The second kappa shape index (κ2) is 6.72. The molecule has 0 amide bonds. The standard InChI is InChI=1S/C21H22N6O3/c1-25-17-18(24-20(25)23-13-7-8-15(28)10-13)26(2)21(30)27(19(17)29)11-14-9-12-5-3-4-6-16(12)22-14/h3-6,9,13,22H,7-8,10-11H2,1-2H3,(H,23,24). The molecule has 1 aromatic carbocycles. The van der Waals surface area contributed by atoms with Crippen LogP contribution in [0.4, 0.5) is 5.95 Å². The summed E-state index contributed by atoms with van der Waals surface area (Å²) in [5, 5.41) is 4.28. The van der Waals surface area contributed by atoms with Gasteiger partial charge in [0.1, 0.15) is 5.78 Å². The molecule has 3 heterocycles. The monoisotopic (exact) mass is 406 g/mol. The number of carbonyl (C=O) groups excluding carboxylic acids is 1. The van der Waals surface area contributed by atoms with Crippen molar-refractivity contribution in [1.29, 1.82) is 0 Å². The van der Waals surface area contributed by atoms with Crippen LogP contribution in [0.5, 0.6) is 0 Å². The molecule has 3 aromatic heterocycles. The first-order valence-electron chi connectivity index (χ1n) is 9.93.